The molecule has 1 aliphatic heterocycles. The standard InChI is InChI=1S/C14H21ClN4O/c1-19-5-3-2-4-10(19)8-18-13-11(14(17)20)6-9(16)7-12(13)15/h6-7,10,18H,2-5,8,16H2,1H3,(H2,17,20). The number of amides is 1. The maximum atomic E-state index is 11.5. The summed E-state index contributed by atoms with van der Waals surface area (Å²) < 4.78 is 0. The van der Waals surface area contributed by atoms with Crippen molar-refractivity contribution < 1.29 is 4.79 Å². The van der Waals surface area contributed by atoms with E-state index >= 15 is 0 Å². The highest BCUT2D eigenvalue weighted by atomic mass is 35.5. The van der Waals surface area contributed by atoms with Crippen LogP contribution < -0.4 is 16.8 Å². The summed E-state index contributed by atoms with van der Waals surface area (Å²) in [7, 11) is 2.12. The van der Waals surface area contributed by atoms with E-state index in [9.17, 15) is 4.79 Å². The van der Waals surface area contributed by atoms with Crippen LogP contribution in [-0.2, 0) is 0 Å². The molecule has 2 rings (SSSR count). The molecule has 1 aromatic rings. The van der Waals surface area contributed by atoms with Gasteiger partial charge < -0.3 is 21.7 Å². The summed E-state index contributed by atoms with van der Waals surface area (Å²) in [6.45, 7) is 1.84. The molecule has 0 radical (unpaired) electrons. The van der Waals surface area contributed by atoms with Crippen LogP contribution in [0.5, 0.6) is 0 Å². The topological polar surface area (TPSA) is 84.4 Å². The number of primary amides is 1. The zero-order valence-electron chi connectivity index (χ0n) is 11.7. The SMILES string of the molecule is CN1CCCCC1CNc1c(Cl)cc(N)cc1C(N)=O. The van der Waals surface area contributed by atoms with E-state index in [0.29, 0.717) is 28.0 Å². The largest absolute Gasteiger partial charge is 0.399 e. The summed E-state index contributed by atoms with van der Waals surface area (Å²) >= 11 is 6.17. The van der Waals surface area contributed by atoms with E-state index in [1.165, 1.54) is 12.8 Å². The average molecular weight is 297 g/mol. The van der Waals surface area contributed by atoms with Gasteiger partial charge in [0.1, 0.15) is 0 Å². The molecule has 6 heteroatoms. The van der Waals surface area contributed by atoms with Crippen molar-refractivity contribution in [3.8, 4) is 0 Å². The van der Waals surface area contributed by atoms with Crippen LogP contribution in [-0.4, -0.2) is 37.0 Å². The summed E-state index contributed by atoms with van der Waals surface area (Å²) in [5.41, 5.74) is 12.4. The number of rotatable bonds is 4. The monoisotopic (exact) mass is 296 g/mol. The highest BCUT2D eigenvalue weighted by molar-refractivity contribution is 6.34. The fraction of sp³-hybridized carbons (Fsp3) is 0.500. The molecule has 1 amide bonds. The molecule has 0 aliphatic carbocycles. The van der Waals surface area contributed by atoms with Crippen LogP contribution >= 0.6 is 11.6 Å². The van der Waals surface area contributed by atoms with Gasteiger partial charge in [-0.15, -0.1) is 0 Å². The van der Waals surface area contributed by atoms with Gasteiger partial charge in [0.2, 0.25) is 0 Å². The Bertz CT molecular complexity index is 506. The van der Waals surface area contributed by atoms with Crippen molar-refractivity contribution in [1.29, 1.82) is 0 Å². The first-order chi connectivity index (χ1) is 9.49. The van der Waals surface area contributed by atoms with Crippen LogP contribution in [0, 0.1) is 0 Å². The molecule has 0 saturated carbocycles. The quantitative estimate of drug-likeness (QED) is 0.741. The molecule has 5 nitrogen and oxygen atoms in total. The molecule has 0 spiro atoms. The van der Waals surface area contributed by atoms with Crippen LogP contribution in [0.2, 0.25) is 5.02 Å². The predicted octanol–water partition coefficient (Wildman–Crippen LogP) is 1.92. The van der Waals surface area contributed by atoms with Crippen molar-refractivity contribution in [2.75, 3.05) is 31.2 Å². The van der Waals surface area contributed by atoms with Gasteiger partial charge in [-0.25, -0.2) is 0 Å². The number of nitrogens with two attached hydrogens (primary N) is 2. The highest BCUT2D eigenvalue weighted by Crippen LogP contribution is 2.29. The molecule has 20 heavy (non-hydrogen) atoms. The number of hydrogen-bond donors (Lipinski definition) is 3. The van der Waals surface area contributed by atoms with Gasteiger partial charge in [-0.3, -0.25) is 4.79 Å². The number of halogens is 1. The van der Waals surface area contributed by atoms with Gasteiger partial charge in [0.15, 0.2) is 0 Å². The Labute approximate surface area is 124 Å². The lowest BCUT2D eigenvalue weighted by Gasteiger charge is -2.33. The van der Waals surface area contributed by atoms with Crippen molar-refractivity contribution in [3.05, 3.63) is 22.7 Å². The van der Waals surface area contributed by atoms with Crippen molar-refractivity contribution in [2.45, 2.75) is 25.3 Å². The molecular formula is C14H21ClN4O. The second kappa shape index (κ2) is 6.33. The summed E-state index contributed by atoms with van der Waals surface area (Å²) in [5, 5.41) is 3.69. The maximum absolute atomic E-state index is 11.5. The molecule has 1 atom stereocenters. The third-order valence-electron chi connectivity index (χ3n) is 3.81. The molecular weight excluding hydrogens is 276 g/mol. The lowest BCUT2D eigenvalue weighted by molar-refractivity contribution is 0.100. The molecule has 1 heterocycles. The van der Waals surface area contributed by atoms with Crippen LogP contribution in [0.4, 0.5) is 11.4 Å². The van der Waals surface area contributed by atoms with Crippen molar-refractivity contribution >= 4 is 28.9 Å². The Morgan fingerprint density at radius 2 is 2.25 bits per heavy atom. The predicted molar refractivity (Wildman–Crippen MR) is 83.1 cm³/mol. The molecule has 110 valence electrons. The third kappa shape index (κ3) is 3.35. The van der Waals surface area contributed by atoms with Gasteiger partial charge in [0.05, 0.1) is 16.3 Å². The van der Waals surface area contributed by atoms with Gasteiger partial charge >= 0.3 is 0 Å². The van der Waals surface area contributed by atoms with Gasteiger partial charge in [-0.05, 0) is 38.6 Å². The number of carbonyl (C=O) groups is 1. The molecule has 1 aromatic carbocycles. The Morgan fingerprint density at radius 1 is 1.50 bits per heavy atom. The van der Waals surface area contributed by atoms with E-state index in [1.807, 2.05) is 0 Å². The average Bonchev–Trinajstić information content (AvgIpc) is 2.38. The van der Waals surface area contributed by atoms with E-state index in [-0.39, 0.29) is 0 Å². The van der Waals surface area contributed by atoms with Crippen LogP contribution in [0.25, 0.3) is 0 Å². The fourth-order valence-corrected chi connectivity index (χ4v) is 2.92. The number of carbonyl (C=O) groups excluding carboxylic acids is 1. The summed E-state index contributed by atoms with van der Waals surface area (Å²) in [5.74, 6) is -0.529. The second-order valence-corrected chi connectivity index (χ2v) is 5.71. The van der Waals surface area contributed by atoms with E-state index < -0.39 is 5.91 Å². The summed E-state index contributed by atoms with van der Waals surface area (Å²) in [4.78, 5) is 13.8. The number of hydrogen-bond acceptors (Lipinski definition) is 4. The van der Waals surface area contributed by atoms with Gasteiger partial charge in [0.25, 0.3) is 5.91 Å². The number of nitrogens with zero attached hydrogens (tertiary/aromatic N) is 1. The van der Waals surface area contributed by atoms with Crippen LogP contribution in [0.15, 0.2) is 12.1 Å². The zero-order valence-corrected chi connectivity index (χ0v) is 12.4. The molecule has 1 saturated heterocycles. The van der Waals surface area contributed by atoms with Crippen molar-refractivity contribution in [2.24, 2.45) is 5.73 Å². The minimum Gasteiger partial charge on any atom is -0.399 e. The molecule has 5 N–H and O–H groups in total. The second-order valence-electron chi connectivity index (χ2n) is 5.30. The molecule has 0 bridgehead atoms. The van der Waals surface area contributed by atoms with Crippen LogP contribution in [0.3, 0.4) is 0 Å². The lowest BCUT2D eigenvalue weighted by atomic mass is 10.0. The number of nitrogens with one attached hydrogen (secondary N) is 1. The number of anilines is 2. The van der Waals surface area contributed by atoms with E-state index in [1.54, 1.807) is 12.1 Å². The molecule has 1 aliphatic rings. The summed E-state index contributed by atoms with van der Waals surface area (Å²) in [6.07, 6.45) is 3.61. The van der Waals surface area contributed by atoms with E-state index in [4.69, 9.17) is 23.1 Å². The van der Waals surface area contributed by atoms with Crippen molar-refractivity contribution in [3.63, 3.8) is 0 Å². The first kappa shape index (κ1) is 14.9. The Hall–Kier alpha value is -1.46. The van der Waals surface area contributed by atoms with Gasteiger partial charge in [-0.1, -0.05) is 18.0 Å². The number of likely N-dealkylation sites (N-methyl/N-ethyl adjacent to an activating group) is 1. The summed E-state index contributed by atoms with van der Waals surface area (Å²) in [6, 6.07) is 3.63. The number of piperidine rings is 1. The molecule has 1 fully saturated rings. The fourth-order valence-electron chi connectivity index (χ4n) is 2.62. The molecule has 0 aromatic heterocycles. The smallest absolute Gasteiger partial charge is 0.250 e. The Morgan fingerprint density at radius 3 is 2.90 bits per heavy atom. The first-order valence-corrected chi connectivity index (χ1v) is 7.19. The number of benzene rings is 1. The zero-order chi connectivity index (χ0) is 14.7. The first-order valence-electron chi connectivity index (χ1n) is 6.82. The highest BCUT2D eigenvalue weighted by Gasteiger charge is 2.20. The minimum absolute atomic E-state index is 0.341. The Balaban J connectivity index is 2.14. The van der Waals surface area contributed by atoms with Crippen LogP contribution in [0.1, 0.15) is 29.6 Å². The van der Waals surface area contributed by atoms with E-state index in [0.717, 1.165) is 19.5 Å². The van der Waals surface area contributed by atoms with Crippen molar-refractivity contribution in [1.82, 2.24) is 4.90 Å². The molecule has 1 unspecified atom stereocenters. The number of nitrogen functional groups attached to an aromatic ring is 1. The maximum Gasteiger partial charge on any atom is 0.250 e. The minimum atomic E-state index is -0.529. The Kier molecular flexibility index (Phi) is 4.73. The van der Waals surface area contributed by atoms with Gasteiger partial charge in [-0.2, -0.15) is 0 Å². The number of likely N-dealkylation sites (tertiary alicyclic amines) is 1. The lowest BCUT2D eigenvalue weighted by Crippen LogP contribution is -2.41. The third-order valence-corrected chi connectivity index (χ3v) is 4.11. The van der Waals surface area contributed by atoms with Gasteiger partial charge in [0, 0.05) is 18.3 Å². The normalized spacial score (nSPS) is 19.8. The van der Waals surface area contributed by atoms with E-state index in [2.05, 4.69) is 17.3 Å².